The van der Waals surface area contributed by atoms with Crippen LogP contribution in [0.3, 0.4) is 0 Å². The summed E-state index contributed by atoms with van der Waals surface area (Å²) >= 11 is 2.96. The number of hydrogen-bond acceptors (Lipinski definition) is 4. The molecule has 1 unspecified atom stereocenters. The molecule has 0 aliphatic rings. The first-order valence-corrected chi connectivity index (χ1v) is 8.81. The molecule has 0 heterocycles. The van der Waals surface area contributed by atoms with Crippen molar-refractivity contribution < 1.29 is 17.5 Å². The topological polar surface area (TPSA) is 81.4 Å². The SMILES string of the molecule is CCOCC(NS(=O)(=O)c1cc(Br)c(F)cc1N)C(C)C. The van der Waals surface area contributed by atoms with Crippen LogP contribution in [-0.2, 0) is 14.8 Å². The Kier molecular flexibility index (Phi) is 6.58. The fourth-order valence-corrected chi connectivity index (χ4v) is 3.65. The van der Waals surface area contributed by atoms with Crippen LogP contribution in [0.25, 0.3) is 0 Å². The maximum atomic E-state index is 13.3. The molecule has 3 N–H and O–H groups in total. The molecule has 1 aromatic carbocycles. The van der Waals surface area contributed by atoms with Crippen LogP contribution in [0.1, 0.15) is 20.8 Å². The number of hydrogen-bond donors (Lipinski definition) is 2. The molecule has 1 atom stereocenters. The third-order valence-electron chi connectivity index (χ3n) is 2.96. The Morgan fingerprint density at radius 1 is 1.43 bits per heavy atom. The molecule has 0 aliphatic carbocycles. The third-order valence-corrected chi connectivity index (χ3v) is 5.11. The molecule has 0 saturated carbocycles. The number of rotatable bonds is 7. The molecule has 0 saturated heterocycles. The van der Waals surface area contributed by atoms with Gasteiger partial charge in [0.25, 0.3) is 0 Å². The molecular formula is C13H20BrFN2O3S. The summed E-state index contributed by atoms with van der Waals surface area (Å²) in [6.07, 6.45) is 0. The maximum absolute atomic E-state index is 13.3. The highest BCUT2D eigenvalue weighted by Gasteiger charge is 2.25. The van der Waals surface area contributed by atoms with Crippen molar-refractivity contribution in [3.8, 4) is 0 Å². The van der Waals surface area contributed by atoms with Gasteiger partial charge in [-0.05, 0) is 40.9 Å². The molecule has 120 valence electrons. The van der Waals surface area contributed by atoms with E-state index < -0.39 is 21.9 Å². The summed E-state index contributed by atoms with van der Waals surface area (Å²) in [5, 5.41) is 0. The first-order valence-electron chi connectivity index (χ1n) is 6.53. The number of sulfonamides is 1. The molecule has 0 bridgehead atoms. The average molecular weight is 383 g/mol. The van der Waals surface area contributed by atoms with Gasteiger partial charge in [0.2, 0.25) is 10.0 Å². The van der Waals surface area contributed by atoms with E-state index in [0.29, 0.717) is 6.61 Å². The lowest BCUT2D eigenvalue weighted by Crippen LogP contribution is -2.42. The first-order chi connectivity index (χ1) is 9.69. The van der Waals surface area contributed by atoms with Crippen molar-refractivity contribution in [1.29, 1.82) is 0 Å². The lowest BCUT2D eigenvalue weighted by atomic mass is 10.1. The highest BCUT2D eigenvalue weighted by atomic mass is 79.9. The largest absolute Gasteiger partial charge is 0.398 e. The molecule has 1 rings (SSSR count). The van der Waals surface area contributed by atoms with E-state index in [-0.39, 0.29) is 27.6 Å². The van der Waals surface area contributed by atoms with Crippen molar-refractivity contribution in [3.05, 3.63) is 22.4 Å². The van der Waals surface area contributed by atoms with Crippen LogP contribution in [0.2, 0.25) is 0 Å². The summed E-state index contributed by atoms with van der Waals surface area (Å²) in [5.41, 5.74) is 5.48. The van der Waals surface area contributed by atoms with Crippen LogP contribution in [0.5, 0.6) is 0 Å². The van der Waals surface area contributed by atoms with Crippen molar-refractivity contribution in [1.82, 2.24) is 4.72 Å². The minimum Gasteiger partial charge on any atom is -0.398 e. The number of nitrogen functional groups attached to an aromatic ring is 1. The Bertz CT molecular complexity index is 593. The van der Waals surface area contributed by atoms with E-state index in [9.17, 15) is 12.8 Å². The summed E-state index contributed by atoms with van der Waals surface area (Å²) in [5.74, 6) is -0.572. The number of nitrogens with one attached hydrogen (secondary N) is 1. The van der Waals surface area contributed by atoms with Gasteiger partial charge in [-0.1, -0.05) is 13.8 Å². The number of ether oxygens (including phenoxy) is 1. The van der Waals surface area contributed by atoms with Crippen molar-refractivity contribution >= 4 is 31.6 Å². The van der Waals surface area contributed by atoms with Crippen LogP contribution >= 0.6 is 15.9 Å². The van der Waals surface area contributed by atoms with Crippen LogP contribution in [0.15, 0.2) is 21.5 Å². The van der Waals surface area contributed by atoms with E-state index in [4.69, 9.17) is 10.5 Å². The molecule has 21 heavy (non-hydrogen) atoms. The lowest BCUT2D eigenvalue weighted by molar-refractivity contribution is 0.116. The number of anilines is 1. The number of nitrogens with two attached hydrogens (primary N) is 1. The molecule has 0 spiro atoms. The summed E-state index contributed by atoms with van der Waals surface area (Å²) in [7, 11) is -3.86. The normalized spacial score (nSPS) is 13.6. The van der Waals surface area contributed by atoms with Crippen molar-refractivity contribution in [2.24, 2.45) is 5.92 Å². The first kappa shape index (κ1) is 18.3. The van der Waals surface area contributed by atoms with E-state index in [1.54, 1.807) is 0 Å². The molecule has 0 amide bonds. The maximum Gasteiger partial charge on any atom is 0.242 e. The quantitative estimate of drug-likeness (QED) is 0.709. The molecule has 5 nitrogen and oxygen atoms in total. The van der Waals surface area contributed by atoms with Gasteiger partial charge in [0, 0.05) is 12.6 Å². The van der Waals surface area contributed by atoms with Crippen molar-refractivity contribution in [2.45, 2.75) is 31.7 Å². The average Bonchev–Trinajstić information content (AvgIpc) is 2.38. The molecule has 1 aromatic rings. The summed E-state index contributed by atoms with van der Waals surface area (Å²) in [6.45, 7) is 6.36. The van der Waals surface area contributed by atoms with Gasteiger partial charge in [0.05, 0.1) is 16.8 Å². The highest BCUT2D eigenvalue weighted by Crippen LogP contribution is 2.26. The van der Waals surface area contributed by atoms with Crippen LogP contribution in [0.4, 0.5) is 10.1 Å². The van der Waals surface area contributed by atoms with E-state index >= 15 is 0 Å². The fourth-order valence-electron chi connectivity index (χ4n) is 1.65. The summed E-state index contributed by atoms with van der Waals surface area (Å²) in [4.78, 5) is -0.155. The van der Waals surface area contributed by atoms with E-state index in [0.717, 1.165) is 12.1 Å². The highest BCUT2D eigenvalue weighted by molar-refractivity contribution is 9.10. The minimum atomic E-state index is -3.86. The second-order valence-electron chi connectivity index (χ2n) is 4.94. The van der Waals surface area contributed by atoms with Gasteiger partial charge in [-0.2, -0.15) is 0 Å². The Morgan fingerprint density at radius 3 is 2.57 bits per heavy atom. The Balaban J connectivity index is 3.07. The number of halogens is 2. The number of benzene rings is 1. The Hall–Kier alpha value is -0.700. The van der Waals surface area contributed by atoms with Gasteiger partial charge in [-0.15, -0.1) is 0 Å². The summed E-state index contributed by atoms with van der Waals surface area (Å²) in [6, 6.07) is 1.74. The lowest BCUT2D eigenvalue weighted by Gasteiger charge is -2.22. The van der Waals surface area contributed by atoms with E-state index in [1.165, 1.54) is 0 Å². The van der Waals surface area contributed by atoms with Gasteiger partial charge in [0.15, 0.2) is 0 Å². The zero-order valence-electron chi connectivity index (χ0n) is 12.2. The van der Waals surface area contributed by atoms with Crippen LogP contribution in [0, 0.1) is 11.7 Å². The molecule has 0 fully saturated rings. The zero-order chi connectivity index (χ0) is 16.2. The molecule has 0 aliphatic heterocycles. The molecule has 0 radical (unpaired) electrons. The molecule has 8 heteroatoms. The second-order valence-corrected chi connectivity index (χ2v) is 7.47. The van der Waals surface area contributed by atoms with E-state index in [1.807, 2.05) is 20.8 Å². The summed E-state index contributed by atoms with van der Waals surface area (Å²) < 4.78 is 46.0. The predicted molar refractivity (Wildman–Crippen MR) is 84.0 cm³/mol. The van der Waals surface area contributed by atoms with Gasteiger partial charge >= 0.3 is 0 Å². The third kappa shape index (κ3) is 4.91. The molecular weight excluding hydrogens is 363 g/mol. The smallest absolute Gasteiger partial charge is 0.242 e. The Labute approximate surface area is 133 Å². The minimum absolute atomic E-state index is 0.0384. The molecule has 0 aromatic heterocycles. The monoisotopic (exact) mass is 382 g/mol. The zero-order valence-corrected chi connectivity index (χ0v) is 14.6. The predicted octanol–water partition coefficient (Wildman–Crippen LogP) is 2.51. The van der Waals surface area contributed by atoms with Crippen LogP contribution < -0.4 is 10.5 Å². The van der Waals surface area contributed by atoms with Gasteiger partial charge in [-0.3, -0.25) is 0 Å². The van der Waals surface area contributed by atoms with Crippen molar-refractivity contribution in [2.75, 3.05) is 18.9 Å². The fraction of sp³-hybridized carbons (Fsp3) is 0.538. The van der Waals surface area contributed by atoms with Crippen molar-refractivity contribution in [3.63, 3.8) is 0 Å². The van der Waals surface area contributed by atoms with Gasteiger partial charge < -0.3 is 10.5 Å². The second kappa shape index (κ2) is 7.53. The van der Waals surface area contributed by atoms with Gasteiger partial charge in [0.1, 0.15) is 10.7 Å². The standard InChI is InChI=1S/C13H20BrFN2O3S/c1-4-20-7-12(8(2)3)17-21(18,19)13-5-9(14)10(15)6-11(13)16/h5-6,8,12,17H,4,7,16H2,1-3H3. The van der Waals surface area contributed by atoms with E-state index in [2.05, 4.69) is 20.7 Å². The van der Waals surface area contributed by atoms with Gasteiger partial charge in [-0.25, -0.2) is 17.5 Å². The Morgan fingerprint density at radius 2 is 2.05 bits per heavy atom. The van der Waals surface area contributed by atoms with Crippen LogP contribution in [-0.4, -0.2) is 27.7 Å².